The molecule has 3 aromatic carbocycles. The van der Waals surface area contributed by atoms with Crippen molar-refractivity contribution < 1.29 is 43.9 Å². The number of hydrogen-bond acceptors (Lipinski definition) is 0. The van der Waals surface area contributed by atoms with Gasteiger partial charge >= 0.3 is 0 Å². The van der Waals surface area contributed by atoms with E-state index in [2.05, 4.69) is 0 Å². The van der Waals surface area contributed by atoms with Crippen LogP contribution in [0.2, 0.25) is 0 Å². The fourth-order valence-corrected chi connectivity index (χ4v) is 3.12. The van der Waals surface area contributed by atoms with Crippen LogP contribution in [0, 0.1) is 65.1 Å². The van der Waals surface area contributed by atoms with Gasteiger partial charge in [0.2, 0.25) is 0 Å². The van der Waals surface area contributed by atoms with Gasteiger partial charge in [0.15, 0.2) is 58.2 Å². The van der Waals surface area contributed by atoms with E-state index in [-0.39, 0.29) is 5.56 Å². The molecule has 156 valence electrons. The molecule has 0 aliphatic heterocycles. The second kappa shape index (κ2) is 7.69. The summed E-state index contributed by atoms with van der Waals surface area (Å²) >= 11 is 0. The minimum absolute atomic E-state index is 0.0235. The zero-order valence-corrected chi connectivity index (χ0v) is 14.7. The number of halogens is 10. The average molecular weight is 436 g/mol. The van der Waals surface area contributed by atoms with Crippen molar-refractivity contribution in [1.29, 1.82) is 0 Å². The van der Waals surface area contributed by atoms with Crippen molar-refractivity contribution in [3.05, 3.63) is 88.0 Å². The van der Waals surface area contributed by atoms with E-state index in [1.165, 1.54) is 25.1 Å². The topological polar surface area (TPSA) is 0 Å². The predicted octanol–water partition coefficient (Wildman–Crippen LogP) is 3.90. The Balaban J connectivity index is 2.55. The van der Waals surface area contributed by atoms with Crippen LogP contribution in [-0.4, -0.2) is 6.71 Å². The van der Waals surface area contributed by atoms with Gasteiger partial charge in [0, 0.05) is 10.9 Å². The number of rotatable bonds is 3. The molecule has 0 aliphatic rings. The quantitative estimate of drug-likeness (QED) is 0.253. The molecule has 0 unspecified atom stereocenters. The summed E-state index contributed by atoms with van der Waals surface area (Å²) in [6.45, 7) is -1.29. The molecule has 0 saturated heterocycles. The normalized spacial score (nSPS) is 11.2. The lowest BCUT2D eigenvalue weighted by Crippen LogP contribution is -2.58. The van der Waals surface area contributed by atoms with Gasteiger partial charge in [-0.05, 0) is 6.92 Å². The van der Waals surface area contributed by atoms with Crippen molar-refractivity contribution in [3.8, 4) is 0 Å². The highest BCUT2D eigenvalue weighted by Crippen LogP contribution is 2.21. The lowest BCUT2D eigenvalue weighted by molar-refractivity contribution is 0.382. The SMILES string of the molecule is Cc1ccccc1B(c1c(F)c(F)c(F)c(F)c1F)c1c(F)c(F)c(F)c(F)c1F. The summed E-state index contributed by atoms with van der Waals surface area (Å²) in [6.07, 6.45) is 0. The van der Waals surface area contributed by atoms with E-state index in [9.17, 15) is 43.9 Å². The van der Waals surface area contributed by atoms with E-state index in [0.717, 1.165) is 6.07 Å². The van der Waals surface area contributed by atoms with Gasteiger partial charge in [0.1, 0.15) is 0 Å². The molecule has 30 heavy (non-hydrogen) atoms. The Labute approximate surface area is 162 Å². The Bertz CT molecular complexity index is 1050. The summed E-state index contributed by atoms with van der Waals surface area (Å²) in [4.78, 5) is 0. The fraction of sp³-hybridized carbons (Fsp3) is 0.0526. The number of aryl methyl sites for hydroxylation is 1. The largest absolute Gasteiger partial charge is 0.257 e. The maximum atomic E-state index is 14.5. The minimum atomic E-state index is -2.55. The molecule has 0 spiro atoms. The van der Waals surface area contributed by atoms with Crippen molar-refractivity contribution in [3.63, 3.8) is 0 Å². The van der Waals surface area contributed by atoms with Gasteiger partial charge in [0.25, 0.3) is 6.71 Å². The molecule has 0 radical (unpaired) electrons. The van der Waals surface area contributed by atoms with Gasteiger partial charge in [0.05, 0.1) is 0 Å². The Kier molecular flexibility index (Phi) is 5.57. The molecule has 0 fully saturated rings. The third-order valence-corrected chi connectivity index (χ3v) is 4.56. The van der Waals surface area contributed by atoms with Gasteiger partial charge in [-0.25, -0.2) is 43.9 Å². The Morgan fingerprint density at radius 1 is 0.467 bits per heavy atom. The monoisotopic (exact) mass is 436 g/mol. The number of benzene rings is 3. The van der Waals surface area contributed by atoms with Gasteiger partial charge in [-0.3, -0.25) is 0 Å². The molecule has 0 N–H and O–H groups in total. The molecular formula is C19H7BF10. The molecule has 3 rings (SSSR count). The second-order valence-corrected chi connectivity index (χ2v) is 6.26. The Morgan fingerprint density at radius 2 is 0.767 bits per heavy atom. The van der Waals surface area contributed by atoms with Crippen molar-refractivity contribution in [1.82, 2.24) is 0 Å². The first-order valence-electron chi connectivity index (χ1n) is 8.08. The van der Waals surface area contributed by atoms with Crippen LogP contribution in [0.3, 0.4) is 0 Å². The summed E-state index contributed by atoms with van der Waals surface area (Å²) in [5, 5.41) is 0. The summed E-state index contributed by atoms with van der Waals surface area (Å²) < 4.78 is 140. The number of hydrogen-bond donors (Lipinski definition) is 0. The van der Waals surface area contributed by atoms with E-state index in [1.807, 2.05) is 0 Å². The standard InChI is InChI=1S/C19H7BF10/c1-6-4-2-3-5-7(6)20(8-10(21)14(25)18(29)15(26)11(8)22)9-12(23)16(27)19(30)17(28)13(9)24/h2-5H,1H3. The Hall–Kier alpha value is -2.98. The van der Waals surface area contributed by atoms with Gasteiger partial charge in [-0.2, -0.15) is 0 Å². The molecule has 3 aromatic rings. The highest BCUT2D eigenvalue weighted by atomic mass is 19.2. The molecule has 0 aromatic heterocycles. The van der Waals surface area contributed by atoms with E-state index < -0.39 is 81.3 Å². The van der Waals surface area contributed by atoms with Crippen molar-refractivity contribution >= 4 is 23.1 Å². The van der Waals surface area contributed by atoms with Crippen LogP contribution in [0.4, 0.5) is 43.9 Å². The first-order chi connectivity index (χ1) is 14.0. The Morgan fingerprint density at radius 3 is 1.10 bits per heavy atom. The van der Waals surface area contributed by atoms with Crippen LogP contribution in [0.5, 0.6) is 0 Å². The van der Waals surface area contributed by atoms with Crippen molar-refractivity contribution in [2.75, 3.05) is 0 Å². The first-order valence-corrected chi connectivity index (χ1v) is 8.08. The molecule has 0 atom stereocenters. The summed E-state index contributed by atoms with van der Waals surface area (Å²) in [5.41, 5.74) is -3.94. The van der Waals surface area contributed by atoms with Crippen LogP contribution in [-0.2, 0) is 0 Å². The lowest BCUT2D eigenvalue weighted by Gasteiger charge is -2.21. The predicted molar refractivity (Wildman–Crippen MR) is 88.3 cm³/mol. The molecule has 0 aliphatic carbocycles. The third-order valence-electron chi connectivity index (χ3n) is 4.56. The van der Waals surface area contributed by atoms with E-state index >= 15 is 0 Å². The van der Waals surface area contributed by atoms with Gasteiger partial charge < -0.3 is 0 Å². The van der Waals surface area contributed by atoms with Gasteiger partial charge in [-0.15, -0.1) is 0 Å². The smallest absolute Gasteiger partial charge is 0.204 e. The lowest BCUT2D eigenvalue weighted by atomic mass is 9.35. The maximum absolute atomic E-state index is 14.5. The fourth-order valence-electron chi connectivity index (χ4n) is 3.12. The molecule has 0 nitrogen and oxygen atoms in total. The molecule has 0 heterocycles. The minimum Gasteiger partial charge on any atom is -0.204 e. The van der Waals surface area contributed by atoms with E-state index in [4.69, 9.17) is 0 Å². The molecule has 0 bridgehead atoms. The molecular weight excluding hydrogens is 429 g/mol. The summed E-state index contributed by atoms with van der Waals surface area (Å²) in [7, 11) is 0. The molecule has 0 saturated carbocycles. The summed E-state index contributed by atoms with van der Waals surface area (Å²) in [5.74, 6) is -24.7. The average Bonchev–Trinajstić information content (AvgIpc) is 2.73. The van der Waals surface area contributed by atoms with Crippen LogP contribution in [0.15, 0.2) is 24.3 Å². The van der Waals surface area contributed by atoms with E-state index in [1.54, 1.807) is 0 Å². The molecule has 0 amide bonds. The van der Waals surface area contributed by atoms with Crippen molar-refractivity contribution in [2.24, 2.45) is 0 Å². The van der Waals surface area contributed by atoms with Crippen LogP contribution < -0.4 is 16.4 Å². The highest BCUT2D eigenvalue weighted by Gasteiger charge is 2.41. The first kappa shape index (κ1) is 21.7. The van der Waals surface area contributed by atoms with E-state index in [0.29, 0.717) is 0 Å². The van der Waals surface area contributed by atoms with Crippen LogP contribution in [0.1, 0.15) is 5.56 Å². The highest BCUT2D eigenvalue weighted by molar-refractivity contribution is 6.96. The van der Waals surface area contributed by atoms with Crippen LogP contribution >= 0.6 is 0 Å². The third kappa shape index (κ3) is 3.12. The maximum Gasteiger partial charge on any atom is 0.257 e. The second-order valence-electron chi connectivity index (χ2n) is 6.26. The van der Waals surface area contributed by atoms with Gasteiger partial charge in [-0.1, -0.05) is 35.3 Å². The van der Waals surface area contributed by atoms with Crippen LogP contribution in [0.25, 0.3) is 0 Å². The zero-order valence-electron chi connectivity index (χ0n) is 14.7. The molecule has 11 heteroatoms. The van der Waals surface area contributed by atoms with Crippen molar-refractivity contribution in [2.45, 2.75) is 6.92 Å². The summed E-state index contributed by atoms with van der Waals surface area (Å²) in [6, 6.07) is 4.80. The zero-order chi connectivity index (χ0) is 22.5.